The molecule has 0 saturated heterocycles. The molecule has 0 amide bonds. The summed E-state index contributed by atoms with van der Waals surface area (Å²) in [6.45, 7) is 5.76. The molecule has 3 heteroatoms. The lowest BCUT2D eigenvalue weighted by Crippen LogP contribution is -2.25. The van der Waals surface area contributed by atoms with Gasteiger partial charge in [-0.25, -0.2) is 0 Å². The molecule has 0 aliphatic heterocycles. The van der Waals surface area contributed by atoms with Crippen molar-refractivity contribution in [3.8, 4) is 0 Å². The Morgan fingerprint density at radius 3 is 2.30 bits per heavy atom. The molecule has 2 N–H and O–H groups in total. The lowest BCUT2D eigenvalue weighted by atomic mass is 10.2. The zero-order valence-corrected chi connectivity index (χ0v) is 6.76. The molecule has 0 saturated carbocycles. The van der Waals surface area contributed by atoms with Crippen molar-refractivity contribution in [3.05, 3.63) is 0 Å². The van der Waals surface area contributed by atoms with E-state index in [1.165, 1.54) is 0 Å². The first-order chi connectivity index (χ1) is 4.57. The average molecular weight is 145 g/mol. The minimum atomic E-state index is -0.182. The lowest BCUT2D eigenvalue weighted by molar-refractivity contribution is -0.151. The van der Waals surface area contributed by atoms with Crippen molar-refractivity contribution in [2.45, 2.75) is 26.9 Å². The van der Waals surface area contributed by atoms with Crippen LogP contribution >= 0.6 is 0 Å². The Balaban J connectivity index is 3.57. The van der Waals surface area contributed by atoms with Gasteiger partial charge in [0.2, 0.25) is 0 Å². The highest BCUT2D eigenvalue weighted by molar-refractivity contribution is 5.71. The largest absolute Gasteiger partial charge is 0.461 e. The van der Waals surface area contributed by atoms with E-state index in [4.69, 9.17) is 10.5 Å². The number of rotatable bonds is 3. The number of nitrogens with two attached hydrogens (primary N) is 1. The van der Waals surface area contributed by atoms with Gasteiger partial charge in [0.15, 0.2) is 0 Å². The molecule has 0 fully saturated rings. The molecular weight excluding hydrogens is 130 g/mol. The van der Waals surface area contributed by atoms with E-state index in [9.17, 15) is 4.79 Å². The fraction of sp³-hybridized carbons (Fsp3) is 0.857. The molecule has 0 aromatic carbocycles. The van der Waals surface area contributed by atoms with E-state index < -0.39 is 0 Å². The fourth-order valence-corrected chi connectivity index (χ4v) is 0.382. The SMILES string of the molecule is CC(C)C(=O)O[C@@H](C)CN. The van der Waals surface area contributed by atoms with Crippen LogP contribution in [0.15, 0.2) is 0 Å². The van der Waals surface area contributed by atoms with Gasteiger partial charge in [-0.05, 0) is 6.92 Å². The highest BCUT2D eigenvalue weighted by atomic mass is 16.5. The van der Waals surface area contributed by atoms with Crippen LogP contribution in [0.5, 0.6) is 0 Å². The third-order valence-corrected chi connectivity index (χ3v) is 1.12. The molecule has 3 nitrogen and oxygen atoms in total. The van der Waals surface area contributed by atoms with Crippen LogP contribution in [0.25, 0.3) is 0 Å². The van der Waals surface area contributed by atoms with E-state index in [2.05, 4.69) is 0 Å². The number of esters is 1. The van der Waals surface area contributed by atoms with Crippen LogP contribution in [0.2, 0.25) is 0 Å². The first-order valence-electron chi connectivity index (χ1n) is 3.48. The maximum atomic E-state index is 10.8. The second-order valence-electron chi connectivity index (χ2n) is 2.64. The number of hydrogen-bond acceptors (Lipinski definition) is 3. The van der Waals surface area contributed by atoms with Crippen LogP contribution in [-0.2, 0) is 9.53 Å². The van der Waals surface area contributed by atoms with Gasteiger partial charge in [-0.1, -0.05) is 13.8 Å². The highest BCUT2D eigenvalue weighted by Gasteiger charge is 2.10. The second kappa shape index (κ2) is 4.28. The van der Waals surface area contributed by atoms with Gasteiger partial charge < -0.3 is 10.5 Å². The molecule has 0 aliphatic carbocycles. The Bertz CT molecular complexity index is 112. The van der Waals surface area contributed by atoms with Gasteiger partial charge in [-0.2, -0.15) is 0 Å². The Morgan fingerprint density at radius 1 is 1.50 bits per heavy atom. The predicted octanol–water partition coefficient (Wildman–Crippen LogP) is 0.533. The van der Waals surface area contributed by atoms with Gasteiger partial charge in [0.25, 0.3) is 0 Å². The molecular formula is C7H15NO2. The molecule has 0 unspecified atom stereocenters. The normalized spacial score (nSPS) is 13.3. The van der Waals surface area contributed by atoms with Gasteiger partial charge in [-0.15, -0.1) is 0 Å². The summed E-state index contributed by atoms with van der Waals surface area (Å²) >= 11 is 0. The molecule has 0 bridgehead atoms. The minimum absolute atomic E-state index is 0.0611. The van der Waals surface area contributed by atoms with Crippen molar-refractivity contribution < 1.29 is 9.53 Å². The van der Waals surface area contributed by atoms with E-state index in [0.29, 0.717) is 6.54 Å². The van der Waals surface area contributed by atoms with Gasteiger partial charge in [0.1, 0.15) is 6.10 Å². The van der Waals surface area contributed by atoms with Crippen LogP contribution in [0.3, 0.4) is 0 Å². The van der Waals surface area contributed by atoms with Gasteiger partial charge in [0.05, 0.1) is 5.92 Å². The number of carbonyl (C=O) groups is 1. The highest BCUT2D eigenvalue weighted by Crippen LogP contribution is 1.98. The smallest absolute Gasteiger partial charge is 0.308 e. The lowest BCUT2D eigenvalue weighted by Gasteiger charge is -2.11. The van der Waals surface area contributed by atoms with E-state index in [-0.39, 0.29) is 18.0 Å². The van der Waals surface area contributed by atoms with Crippen molar-refractivity contribution in [2.24, 2.45) is 11.7 Å². The van der Waals surface area contributed by atoms with E-state index in [1.54, 1.807) is 20.8 Å². The monoisotopic (exact) mass is 145 g/mol. The van der Waals surface area contributed by atoms with Crippen LogP contribution in [0.4, 0.5) is 0 Å². The van der Waals surface area contributed by atoms with E-state index in [1.807, 2.05) is 0 Å². The summed E-state index contributed by atoms with van der Waals surface area (Å²) in [6.07, 6.45) is -0.158. The zero-order chi connectivity index (χ0) is 8.15. The molecule has 0 rings (SSSR count). The Kier molecular flexibility index (Phi) is 4.03. The third kappa shape index (κ3) is 3.45. The molecule has 10 heavy (non-hydrogen) atoms. The molecule has 0 aromatic rings. The van der Waals surface area contributed by atoms with Crippen LogP contribution in [0, 0.1) is 5.92 Å². The van der Waals surface area contributed by atoms with Gasteiger partial charge in [-0.3, -0.25) is 4.79 Å². The summed E-state index contributed by atoms with van der Waals surface area (Å²) in [5.74, 6) is -0.244. The molecule has 1 atom stereocenters. The average Bonchev–Trinajstić information content (AvgIpc) is 1.87. The maximum absolute atomic E-state index is 10.8. The van der Waals surface area contributed by atoms with Crippen LogP contribution in [0.1, 0.15) is 20.8 Å². The molecule has 0 heterocycles. The van der Waals surface area contributed by atoms with Crippen molar-refractivity contribution in [1.29, 1.82) is 0 Å². The van der Waals surface area contributed by atoms with Crippen molar-refractivity contribution in [3.63, 3.8) is 0 Å². The van der Waals surface area contributed by atoms with Gasteiger partial charge >= 0.3 is 5.97 Å². The first kappa shape index (κ1) is 9.43. The Labute approximate surface area is 61.5 Å². The molecule has 60 valence electrons. The van der Waals surface area contributed by atoms with E-state index >= 15 is 0 Å². The Morgan fingerprint density at radius 2 is 2.00 bits per heavy atom. The summed E-state index contributed by atoms with van der Waals surface area (Å²) < 4.78 is 4.90. The van der Waals surface area contributed by atoms with Gasteiger partial charge in [0, 0.05) is 6.54 Å². The molecule has 0 radical (unpaired) electrons. The fourth-order valence-electron chi connectivity index (χ4n) is 0.382. The summed E-state index contributed by atoms with van der Waals surface area (Å²) in [6, 6.07) is 0. The number of carbonyl (C=O) groups excluding carboxylic acids is 1. The van der Waals surface area contributed by atoms with Crippen molar-refractivity contribution in [1.82, 2.24) is 0 Å². The van der Waals surface area contributed by atoms with Crippen LogP contribution in [-0.4, -0.2) is 18.6 Å². The Hall–Kier alpha value is -0.570. The maximum Gasteiger partial charge on any atom is 0.308 e. The second-order valence-corrected chi connectivity index (χ2v) is 2.64. The predicted molar refractivity (Wildman–Crippen MR) is 39.4 cm³/mol. The molecule has 0 aliphatic rings. The topological polar surface area (TPSA) is 52.3 Å². The number of hydrogen-bond donors (Lipinski definition) is 1. The summed E-state index contributed by atoms with van der Waals surface area (Å²) in [4.78, 5) is 10.8. The quantitative estimate of drug-likeness (QED) is 0.589. The molecule has 0 aromatic heterocycles. The summed E-state index contributed by atoms with van der Waals surface area (Å²) in [5, 5.41) is 0. The third-order valence-electron chi connectivity index (χ3n) is 1.12. The van der Waals surface area contributed by atoms with Crippen molar-refractivity contribution >= 4 is 5.97 Å². The summed E-state index contributed by atoms with van der Waals surface area (Å²) in [7, 11) is 0. The van der Waals surface area contributed by atoms with Crippen LogP contribution < -0.4 is 5.73 Å². The number of ether oxygens (including phenoxy) is 1. The molecule has 0 spiro atoms. The first-order valence-corrected chi connectivity index (χ1v) is 3.48. The van der Waals surface area contributed by atoms with E-state index in [0.717, 1.165) is 0 Å². The minimum Gasteiger partial charge on any atom is -0.461 e. The standard InChI is InChI=1S/C7H15NO2/c1-5(2)7(9)10-6(3)4-8/h5-6H,4,8H2,1-3H3/t6-/m0/s1. The van der Waals surface area contributed by atoms with Crippen molar-refractivity contribution in [2.75, 3.05) is 6.54 Å². The zero-order valence-electron chi connectivity index (χ0n) is 6.76. The summed E-state index contributed by atoms with van der Waals surface area (Å²) in [5.41, 5.74) is 5.24.